The molecule has 1 aromatic carbocycles. The van der Waals surface area contributed by atoms with Gasteiger partial charge >= 0.3 is 0 Å². The molecule has 0 bridgehead atoms. The molecule has 3 aromatic rings. The van der Waals surface area contributed by atoms with Gasteiger partial charge in [-0.15, -0.1) is 11.3 Å². The molecular weight excluding hydrogens is 206 g/mol. The zero-order valence-corrected chi connectivity index (χ0v) is 9.43. The average molecular weight is 217 g/mol. The second kappa shape index (κ2) is 2.73. The molecule has 0 atom stereocenters. The van der Waals surface area contributed by atoms with E-state index in [1.54, 1.807) is 16.0 Å². The topological polar surface area (TPSA) is 43.8 Å². The van der Waals surface area contributed by atoms with Gasteiger partial charge in [0.1, 0.15) is 11.3 Å². The third-order valence-electron chi connectivity index (χ3n) is 2.65. The molecule has 2 N–H and O–H groups in total. The number of fused-ring (bicyclic) bond motifs is 3. The van der Waals surface area contributed by atoms with E-state index in [1.807, 2.05) is 7.05 Å². The first kappa shape index (κ1) is 8.73. The van der Waals surface area contributed by atoms with E-state index in [0.717, 1.165) is 16.0 Å². The molecule has 0 aliphatic carbocycles. The first-order valence-electron chi connectivity index (χ1n) is 4.78. The van der Waals surface area contributed by atoms with E-state index >= 15 is 0 Å². The predicted octanol–water partition coefficient (Wildman–Crippen LogP) is 2.68. The van der Waals surface area contributed by atoms with Crippen LogP contribution in [0, 0.1) is 6.92 Å². The lowest BCUT2D eigenvalue weighted by atomic mass is 10.2. The Labute approximate surface area is 91.1 Å². The highest BCUT2D eigenvalue weighted by Crippen LogP contribution is 2.36. The third-order valence-corrected chi connectivity index (χ3v) is 3.83. The Kier molecular flexibility index (Phi) is 1.59. The summed E-state index contributed by atoms with van der Waals surface area (Å²) in [5.41, 5.74) is 8.23. The highest BCUT2D eigenvalue weighted by molar-refractivity contribution is 7.26. The first-order valence-corrected chi connectivity index (χ1v) is 5.60. The number of nitrogen functional groups attached to an aromatic ring is 1. The number of benzene rings is 1. The van der Waals surface area contributed by atoms with Crippen LogP contribution in [0.4, 0.5) is 5.82 Å². The second-order valence-electron chi connectivity index (χ2n) is 3.79. The van der Waals surface area contributed by atoms with E-state index in [0.29, 0.717) is 0 Å². The fraction of sp³-hybridized carbons (Fsp3) is 0.182. The van der Waals surface area contributed by atoms with E-state index in [4.69, 9.17) is 5.73 Å². The SMILES string of the molecule is Cc1ccc2sc3c(N)n(C)nc3c2c1. The minimum atomic E-state index is 0.754. The van der Waals surface area contributed by atoms with E-state index in [9.17, 15) is 0 Å². The van der Waals surface area contributed by atoms with Gasteiger partial charge in [-0.2, -0.15) is 5.10 Å². The smallest absolute Gasteiger partial charge is 0.139 e. The Hall–Kier alpha value is -1.55. The van der Waals surface area contributed by atoms with Crippen molar-refractivity contribution < 1.29 is 0 Å². The van der Waals surface area contributed by atoms with Crippen molar-refractivity contribution in [3.8, 4) is 0 Å². The first-order chi connectivity index (χ1) is 7.16. The maximum atomic E-state index is 5.95. The summed E-state index contributed by atoms with van der Waals surface area (Å²) in [5.74, 6) is 0.754. The molecule has 76 valence electrons. The highest BCUT2D eigenvalue weighted by atomic mass is 32.1. The van der Waals surface area contributed by atoms with Gasteiger partial charge in [0.15, 0.2) is 0 Å². The van der Waals surface area contributed by atoms with Crippen LogP contribution in [0.5, 0.6) is 0 Å². The quantitative estimate of drug-likeness (QED) is 0.629. The summed E-state index contributed by atoms with van der Waals surface area (Å²) in [7, 11) is 1.88. The molecule has 0 spiro atoms. The number of thiophene rings is 1. The van der Waals surface area contributed by atoms with Crippen LogP contribution in [0.25, 0.3) is 20.3 Å². The molecule has 0 fully saturated rings. The molecule has 0 saturated carbocycles. The van der Waals surface area contributed by atoms with Gasteiger partial charge < -0.3 is 5.73 Å². The number of anilines is 1. The monoisotopic (exact) mass is 217 g/mol. The number of nitrogens with two attached hydrogens (primary N) is 1. The van der Waals surface area contributed by atoms with Crippen molar-refractivity contribution in [2.75, 3.05) is 5.73 Å². The van der Waals surface area contributed by atoms with Gasteiger partial charge in [0.2, 0.25) is 0 Å². The van der Waals surface area contributed by atoms with Gasteiger partial charge in [-0.3, -0.25) is 4.68 Å². The summed E-state index contributed by atoms with van der Waals surface area (Å²) in [6.07, 6.45) is 0. The van der Waals surface area contributed by atoms with Crippen molar-refractivity contribution in [1.29, 1.82) is 0 Å². The molecule has 15 heavy (non-hydrogen) atoms. The van der Waals surface area contributed by atoms with E-state index in [1.165, 1.54) is 15.6 Å². The van der Waals surface area contributed by atoms with Gasteiger partial charge in [0.05, 0.1) is 4.70 Å². The van der Waals surface area contributed by atoms with Crippen molar-refractivity contribution in [3.05, 3.63) is 23.8 Å². The number of aryl methyl sites for hydroxylation is 2. The number of hydrogen-bond acceptors (Lipinski definition) is 3. The lowest BCUT2D eigenvalue weighted by Crippen LogP contribution is -1.96. The van der Waals surface area contributed by atoms with Crippen molar-refractivity contribution >= 4 is 37.5 Å². The van der Waals surface area contributed by atoms with Crippen LogP contribution in [0.1, 0.15) is 5.56 Å². The molecular formula is C11H11N3S. The molecule has 0 unspecified atom stereocenters. The van der Waals surface area contributed by atoms with Crippen molar-refractivity contribution in [3.63, 3.8) is 0 Å². The molecule has 3 rings (SSSR count). The zero-order valence-electron chi connectivity index (χ0n) is 8.61. The molecule has 3 nitrogen and oxygen atoms in total. The Morgan fingerprint density at radius 1 is 1.40 bits per heavy atom. The fourth-order valence-corrected chi connectivity index (χ4v) is 2.93. The third kappa shape index (κ3) is 1.08. The van der Waals surface area contributed by atoms with E-state index in [-0.39, 0.29) is 0 Å². The van der Waals surface area contributed by atoms with Crippen LogP contribution in [0.15, 0.2) is 18.2 Å². The van der Waals surface area contributed by atoms with Crippen LogP contribution in [0.2, 0.25) is 0 Å². The highest BCUT2D eigenvalue weighted by Gasteiger charge is 2.12. The van der Waals surface area contributed by atoms with Crippen molar-refractivity contribution in [2.24, 2.45) is 7.05 Å². The normalized spacial score (nSPS) is 11.6. The van der Waals surface area contributed by atoms with Gasteiger partial charge in [-0.1, -0.05) is 11.6 Å². The number of rotatable bonds is 0. The second-order valence-corrected chi connectivity index (χ2v) is 4.84. The lowest BCUT2D eigenvalue weighted by Gasteiger charge is -1.93. The molecule has 0 aliphatic rings. The minimum absolute atomic E-state index is 0.754. The van der Waals surface area contributed by atoms with Crippen molar-refractivity contribution in [1.82, 2.24) is 9.78 Å². The lowest BCUT2D eigenvalue weighted by molar-refractivity contribution is 0.792. The molecule has 4 heteroatoms. The van der Waals surface area contributed by atoms with E-state index < -0.39 is 0 Å². The number of hydrogen-bond donors (Lipinski definition) is 1. The predicted molar refractivity (Wildman–Crippen MR) is 65.2 cm³/mol. The van der Waals surface area contributed by atoms with E-state index in [2.05, 4.69) is 30.2 Å². The zero-order chi connectivity index (χ0) is 10.6. The number of aromatic nitrogens is 2. The summed E-state index contributed by atoms with van der Waals surface area (Å²) in [6.45, 7) is 2.09. The maximum Gasteiger partial charge on any atom is 0.139 e. The number of nitrogens with zero attached hydrogens (tertiary/aromatic N) is 2. The van der Waals surface area contributed by atoms with Gasteiger partial charge in [0.25, 0.3) is 0 Å². The Balaban J connectivity index is 2.56. The summed E-state index contributed by atoms with van der Waals surface area (Å²) in [5, 5.41) is 5.65. The molecule has 0 radical (unpaired) electrons. The molecule has 0 saturated heterocycles. The molecule has 2 aromatic heterocycles. The fourth-order valence-electron chi connectivity index (χ4n) is 1.82. The standard InChI is InChI=1S/C11H11N3S/c1-6-3-4-8-7(5-6)9-10(15-8)11(12)14(2)13-9/h3-5H,12H2,1-2H3. The summed E-state index contributed by atoms with van der Waals surface area (Å²) in [4.78, 5) is 0. The van der Waals surface area contributed by atoms with Gasteiger partial charge in [-0.25, -0.2) is 0 Å². The summed E-state index contributed by atoms with van der Waals surface area (Å²) >= 11 is 1.71. The Bertz CT molecular complexity index is 663. The molecule has 2 heterocycles. The van der Waals surface area contributed by atoms with Crippen LogP contribution in [-0.2, 0) is 7.05 Å². The minimum Gasteiger partial charge on any atom is -0.383 e. The van der Waals surface area contributed by atoms with Crippen LogP contribution in [0.3, 0.4) is 0 Å². The van der Waals surface area contributed by atoms with Crippen LogP contribution in [-0.4, -0.2) is 9.78 Å². The largest absolute Gasteiger partial charge is 0.383 e. The van der Waals surface area contributed by atoms with Gasteiger partial charge in [0, 0.05) is 17.1 Å². The summed E-state index contributed by atoms with van der Waals surface area (Å²) in [6, 6.07) is 6.42. The Morgan fingerprint density at radius 3 is 3.00 bits per heavy atom. The van der Waals surface area contributed by atoms with Crippen LogP contribution >= 0.6 is 11.3 Å². The average Bonchev–Trinajstić information content (AvgIpc) is 2.67. The maximum absolute atomic E-state index is 5.95. The summed E-state index contributed by atoms with van der Waals surface area (Å²) < 4.78 is 4.09. The molecule has 0 aliphatic heterocycles. The van der Waals surface area contributed by atoms with Crippen molar-refractivity contribution in [2.45, 2.75) is 6.92 Å². The Morgan fingerprint density at radius 2 is 2.20 bits per heavy atom. The van der Waals surface area contributed by atoms with Crippen LogP contribution < -0.4 is 5.73 Å². The van der Waals surface area contributed by atoms with Gasteiger partial charge in [-0.05, 0) is 19.1 Å². The molecule has 0 amide bonds.